The molecule has 28 heavy (non-hydrogen) atoms. The van der Waals surface area contributed by atoms with Crippen LogP contribution in [0.4, 0.5) is 8.78 Å². The minimum absolute atomic E-state index is 0.0418. The molecule has 0 aliphatic carbocycles. The second-order valence-electron chi connectivity index (χ2n) is 6.83. The minimum Gasteiger partial charge on any atom is -0.354 e. The third kappa shape index (κ3) is 3.12. The molecule has 1 N–H and O–H groups in total. The molecule has 1 fully saturated rings. The van der Waals surface area contributed by atoms with Crippen molar-refractivity contribution >= 4 is 27.2 Å². The fraction of sp³-hybridized carbons (Fsp3) is 0.250. The lowest BCUT2D eigenvalue weighted by Crippen LogP contribution is -2.35. The molecule has 1 aromatic heterocycles. The fourth-order valence-corrected chi connectivity index (χ4v) is 5.18. The topological polar surface area (TPSA) is 70.2 Å². The molecule has 1 saturated heterocycles. The number of hydrogen-bond donors (Lipinski definition) is 1. The van der Waals surface area contributed by atoms with Crippen molar-refractivity contribution < 1.29 is 22.0 Å². The van der Waals surface area contributed by atoms with Gasteiger partial charge in [0, 0.05) is 41.2 Å². The van der Waals surface area contributed by atoms with Crippen LogP contribution in [0, 0.1) is 11.6 Å². The van der Waals surface area contributed by atoms with E-state index in [9.17, 15) is 22.0 Å². The number of nitrogens with one attached hydrogen (secondary N) is 1. The first-order valence-corrected chi connectivity index (χ1v) is 10.4. The Hall–Kier alpha value is -2.58. The lowest BCUT2D eigenvalue weighted by molar-refractivity contribution is 0.112. The van der Waals surface area contributed by atoms with Crippen LogP contribution in [0.3, 0.4) is 0 Å². The van der Waals surface area contributed by atoms with E-state index in [1.807, 2.05) is 0 Å². The Balaban J connectivity index is 1.85. The number of fused-ring (bicyclic) bond motifs is 1. The van der Waals surface area contributed by atoms with Crippen LogP contribution in [0.5, 0.6) is 0 Å². The Morgan fingerprint density at radius 2 is 1.75 bits per heavy atom. The molecule has 5 nitrogen and oxygen atoms in total. The predicted molar refractivity (Wildman–Crippen MR) is 102 cm³/mol. The molecule has 0 amide bonds. The van der Waals surface area contributed by atoms with Gasteiger partial charge in [-0.2, -0.15) is 4.31 Å². The minimum atomic E-state index is -3.67. The summed E-state index contributed by atoms with van der Waals surface area (Å²) in [5.41, 5.74) is 0.866. The Kier molecular flexibility index (Phi) is 4.76. The molecule has 0 atom stereocenters. The molecule has 4 rings (SSSR count). The summed E-state index contributed by atoms with van der Waals surface area (Å²) in [5, 5.41) is 0.381. The molecule has 8 heteroatoms. The average molecular weight is 404 g/mol. The van der Waals surface area contributed by atoms with Crippen molar-refractivity contribution in [2.75, 3.05) is 13.1 Å². The number of hydrogen-bond acceptors (Lipinski definition) is 3. The van der Waals surface area contributed by atoms with E-state index in [0.29, 0.717) is 30.3 Å². The number of carbonyl (C=O) groups excluding carboxylic acids is 1. The smallest absolute Gasteiger partial charge is 0.243 e. The summed E-state index contributed by atoms with van der Waals surface area (Å²) in [6.45, 7) is 0.945. The number of benzene rings is 2. The van der Waals surface area contributed by atoms with E-state index < -0.39 is 21.7 Å². The third-order valence-corrected chi connectivity index (χ3v) is 6.98. The van der Waals surface area contributed by atoms with Crippen molar-refractivity contribution in [3.63, 3.8) is 0 Å². The first-order chi connectivity index (χ1) is 13.4. The van der Waals surface area contributed by atoms with E-state index >= 15 is 0 Å². The molecule has 2 aromatic carbocycles. The molecule has 0 spiro atoms. The number of aromatic amines is 1. The maximum absolute atomic E-state index is 14.2. The number of carbonyl (C=O) groups is 1. The number of aldehydes is 1. The molecule has 146 valence electrons. The largest absolute Gasteiger partial charge is 0.354 e. The maximum atomic E-state index is 14.2. The van der Waals surface area contributed by atoms with Gasteiger partial charge in [0.25, 0.3) is 0 Å². The summed E-state index contributed by atoms with van der Waals surface area (Å²) in [6.07, 6.45) is 3.19. The Labute approximate surface area is 161 Å². The zero-order chi connectivity index (χ0) is 19.9. The van der Waals surface area contributed by atoms with Gasteiger partial charge >= 0.3 is 0 Å². The number of halogens is 2. The van der Waals surface area contributed by atoms with Crippen molar-refractivity contribution in [1.82, 2.24) is 9.29 Å². The number of H-pyrrole nitrogens is 1. The summed E-state index contributed by atoms with van der Waals surface area (Å²) >= 11 is 0. The Bertz CT molecular complexity index is 1170. The summed E-state index contributed by atoms with van der Waals surface area (Å²) in [5.74, 6) is -1.53. The van der Waals surface area contributed by atoms with E-state index in [2.05, 4.69) is 4.98 Å². The average Bonchev–Trinajstić information content (AvgIpc) is 3.06. The number of sulfonamides is 1. The maximum Gasteiger partial charge on any atom is 0.243 e. The molecule has 0 saturated carbocycles. The molecule has 1 aliphatic rings. The van der Waals surface area contributed by atoms with Crippen LogP contribution < -0.4 is 0 Å². The molecule has 0 unspecified atom stereocenters. The second-order valence-corrected chi connectivity index (χ2v) is 8.77. The quantitative estimate of drug-likeness (QED) is 0.666. The van der Waals surface area contributed by atoms with E-state index in [4.69, 9.17) is 0 Å². The van der Waals surface area contributed by atoms with Crippen molar-refractivity contribution in [3.8, 4) is 11.3 Å². The van der Waals surface area contributed by atoms with Gasteiger partial charge in [0.2, 0.25) is 10.0 Å². The summed E-state index contributed by atoms with van der Waals surface area (Å²) in [4.78, 5) is 14.8. The van der Waals surface area contributed by atoms with Gasteiger partial charge in [-0.3, -0.25) is 4.79 Å². The highest BCUT2D eigenvalue weighted by molar-refractivity contribution is 7.89. The van der Waals surface area contributed by atoms with Crippen LogP contribution in [0.15, 0.2) is 41.3 Å². The monoisotopic (exact) mass is 404 g/mol. The van der Waals surface area contributed by atoms with Gasteiger partial charge < -0.3 is 4.98 Å². The van der Waals surface area contributed by atoms with Crippen LogP contribution >= 0.6 is 0 Å². The van der Waals surface area contributed by atoms with Crippen LogP contribution in [0.1, 0.15) is 29.6 Å². The van der Waals surface area contributed by atoms with Gasteiger partial charge in [0.05, 0.1) is 10.6 Å². The summed E-state index contributed by atoms with van der Waals surface area (Å²) in [6, 6.07) is 7.55. The summed E-state index contributed by atoms with van der Waals surface area (Å²) in [7, 11) is -3.67. The van der Waals surface area contributed by atoms with Gasteiger partial charge in [-0.05, 0) is 43.2 Å². The van der Waals surface area contributed by atoms with Gasteiger partial charge in [-0.1, -0.05) is 6.42 Å². The molecule has 1 aliphatic heterocycles. The Morgan fingerprint density at radius 1 is 1.00 bits per heavy atom. The SMILES string of the molecule is O=Cc1c(-c2ccc(F)cc2F)[nH]c2ccc(S(=O)(=O)N3CCCCC3)cc12. The van der Waals surface area contributed by atoms with Crippen molar-refractivity contribution in [1.29, 1.82) is 0 Å². The van der Waals surface area contributed by atoms with Crippen LogP contribution in [0.2, 0.25) is 0 Å². The molecular formula is C20H18F2N2O3S. The lowest BCUT2D eigenvalue weighted by atomic mass is 10.1. The molecule has 0 bridgehead atoms. The van der Waals surface area contributed by atoms with E-state index in [1.165, 1.54) is 22.5 Å². The Morgan fingerprint density at radius 3 is 2.43 bits per heavy atom. The second kappa shape index (κ2) is 7.10. The number of aromatic nitrogens is 1. The van der Waals surface area contributed by atoms with Gasteiger partial charge in [-0.15, -0.1) is 0 Å². The highest BCUT2D eigenvalue weighted by Crippen LogP contribution is 2.33. The highest BCUT2D eigenvalue weighted by atomic mass is 32.2. The third-order valence-electron chi connectivity index (χ3n) is 5.08. The number of rotatable bonds is 4. The standard InChI is InChI=1S/C20H18F2N2O3S/c21-13-4-6-15(18(22)10-13)20-17(12-25)16-11-14(5-7-19(16)23-20)28(26,27)24-8-2-1-3-9-24/h4-7,10-12,23H,1-3,8-9H2. The van der Waals surface area contributed by atoms with Crippen molar-refractivity contribution in [2.24, 2.45) is 0 Å². The van der Waals surface area contributed by atoms with Crippen molar-refractivity contribution in [3.05, 3.63) is 53.6 Å². The van der Waals surface area contributed by atoms with Gasteiger partial charge in [0.1, 0.15) is 11.6 Å². The first-order valence-electron chi connectivity index (χ1n) is 8.98. The van der Waals surface area contributed by atoms with Crippen LogP contribution in [0.25, 0.3) is 22.2 Å². The van der Waals surface area contributed by atoms with E-state index in [0.717, 1.165) is 31.4 Å². The van der Waals surface area contributed by atoms with E-state index in [-0.39, 0.29) is 21.7 Å². The predicted octanol–water partition coefficient (Wildman–Crippen LogP) is 4.10. The van der Waals surface area contributed by atoms with Gasteiger partial charge in [0.15, 0.2) is 6.29 Å². The first kappa shape index (κ1) is 18.8. The molecular weight excluding hydrogens is 386 g/mol. The van der Waals surface area contributed by atoms with Crippen LogP contribution in [-0.2, 0) is 10.0 Å². The lowest BCUT2D eigenvalue weighted by Gasteiger charge is -2.25. The zero-order valence-corrected chi connectivity index (χ0v) is 15.7. The highest BCUT2D eigenvalue weighted by Gasteiger charge is 2.27. The van der Waals surface area contributed by atoms with E-state index in [1.54, 1.807) is 6.07 Å². The van der Waals surface area contributed by atoms with Crippen molar-refractivity contribution in [2.45, 2.75) is 24.2 Å². The number of piperidine rings is 1. The normalized spacial score (nSPS) is 15.8. The van der Waals surface area contributed by atoms with Gasteiger partial charge in [-0.25, -0.2) is 17.2 Å². The van der Waals surface area contributed by atoms with Crippen LogP contribution in [-0.4, -0.2) is 37.1 Å². The number of nitrogens with zero attached hydrogens (tertiary/aromatic N) is 1. The molecule has 2 heterocycles. The zero-order valence-electron chi connectivity index (χ0n) is 14.9. The molecule has 0 radical (unpaired) electrons. The molecule has 3 aromatic rings. The summed E-state index contributed by atoms with van der Waals surface area (Å²) < 4.78 is 54.7. The fourth-order valence-electron chi connectivity index (χ4n) is 3.63.